The van der Waals surface area contributed by atoms with Gasteiger partial charge >= 0.3 is 6.03 Å². The molecule has 0 unspecified atom stereocenters. The largest absolute Gasteiger partial charge is 0.339 e. The molecular weight excluding hydrogens is 364 g/mol. The number of nitrogens with zero attached hydrogens (tertiary/aromatic N) is 1. The van der Waals surface area contributed by atoms with Crippen molar-refractivity contribution in [2.45, 2.75) is 51.6 Å². The van der Waals surface area contributed by atoms with Gasteiger partial charge in [-0.15, -0.1) is 12.4 Å². The highest BCUT2D eigenvalue weighted by atomic mass is 35.5. The molecule has 2 aliphatic rings. The molecule has 0 bridgehead atoms. The molecule has 7 heteroatoms. The second kappa shape index (κ2) is 9.95. The fraction of sp³-hybridized carbons (Fsp3) is 0.600. The minimum absolute atomic E-state index is 0. The molecule has 27 heavy (non-hydrogen) atoms. The smallest absolute Gasteiger partial charge is 0.319 e. The van der Waals surface area contributed by atoms with E-state index in [0.29, 0.717) is 17.3 Å². The topological polar surface area (TPSA) is 73.5 Å². The van der Waals surface area contributed by atoms with Crippen molar-refractivity contribution in [2.75, 3.05) is 25.0 Å². The Balaban J connectivity index is 0.00000261. The Kier molecular flexibility index (Phi) is 7.92. The van der Waals surface area contributed by atoms with E-state index < -0.39 is 0 Å². The number of hydrogen-bond donors (Lipinski definition) is 3. The molecule has 3 N–H and O–H groups in total. The summed E-state index contributed by atoms with van der Waals surface area (Å²) >= 11 is 0. The molecule has 1 saturated heterocycles. The summed E-state index contributed by atoms with van der Waals surface area (Å²) in [6, 6.07) is 7.51. The summed E-state index contributed by atoms with van der Waals surface area (Å²) in [6.07, 6.45) is 4.78. The summed E-state index contributed by atoms with van der Waals surface area (Å²) < 4.78 is 0. The van der Waals surface area contributed by atoms with Gasteiger partial charge in [0.25, 0.3) is 5.91 Å². The van der Waals surface area contributed by atoms with Gasteiger partial charge in [-0.25, -0.2) is 4.79 Å². The Morgan fingerprint density at radius 3 is 2.26 bits per heavy atom. The lowest BCUT2D eigenvalue weighted by Gasteiger charge is -2.32. The molecule has 1 aromatic carbocycles. The quantitative estimate of drug-likeness (QED) is 0.693. The minimum Gasteiger partial charge on any atom is -0.339 e. The van der Waals surface area contributed by atoms with Gasteiger partial charge in [-0.3, -0.25) is 4.79 Å². The van der Waals surface area contributed by atoms with E-state index in [9.17, 15) is 9.59 Å². The number of halogens is 1. The van der Waals surface area contributed by atoms with Crippen LogP contribution in [0, 0.1) is 5.92 Å². The molecule has 150 valence electrons. The molecule has 0 radical (unpaired) electrons. The number of rotatable bonds is 6. The second-order valence-electron chi connectivity index (χ2n) is 7.75. The van der Waals surface area contributed by atoms with E-state index in [1.807, 2.05) is 18.7 Å². The highest BCUT2D eigenvalue weighted by Gasteiger charge is 2.26. The van der Waals surface area contributed by atoms with Gasteiger partial charge in [0.05, 0.1) is 0 Å². The number of urea groups is 1. The van der Waals surface area contributed by atoms with Gasteiger partial charge in [0.1, 0.15) is 0 Å². The second-order valence-corrected chi connectivity index (χ2v) is 7.75. The van der Waals surface area contributed by atoms with Crippen LogP contribution < -0.4 is 16.0 Å². The van der Waals surface area contributed by atoms with Gasteiger partial charge in [0, 0.05) is 36.4 Å². The Morgan fingerprint density at radius 2 is 1.70 bits per heavy atom. The number of hydrogen-bond acceptors (Lipinski definition) is 3. The third kappa shape index (κ3) is 6.70. The van der Waals surface area contributed by atoms with E-state index in [1.54, 1.807) is 24.3 Å². The highest BCUT2D eigenvalue weighted by molar-refractivity contribution is 5.95. The molecule has 1 aliphatic carbocycles. The lowest BCUT2D eigenvalue weighted by molar-refractivity contribution is 0.0705. The third-order valence-corrected chi connectivity index (χ3v) is 4.98. The van der Waals surface area contributed by atoms with Crippen LogP contribution >= 0.6 is 12.4 Å². The first-order valence-corrected chi connectivity index (χ1v) is 9.71. The van der Waals surface area contributed by atoms with Crippen LogP contribution in [0.25, 0.3) is 0 Å². The van der Waals surface area contributed by atoms with Gasteiger partial charge in [0.2, 0.25) is 0 Å². The van der Waals surface area contributed by atoms with Crippen molar-refractivity contribution in [3.05, 3.63) is 29.8 Å². The minimum atomic E-state index is -0.236. The Hall–Kier alpha value is -1.79. The molecular formula is C20H31ClN4O2. The zero-order chi connectivity index (χ0) is 18.5. The van der Waals surface area contributed by atoms with Crippen molar-refractivity contribution >= 4 is 30.0 Å². The summed E-state index contributed by atoms with van der Waals surface area (Å²) in [5.41, 5.74) is 1.35. The van der Waals surface area contributed by atoms with Crippen molar-refractivity contribution in [1.29, 1.82) is 0 Å². The number of anilines is 1. The molecule has 1 heterocycles. The maximum Gasteiger partial charge on any atom is 0.319 e. The lowest BCUT2D eigenvalue weighted by Crippen LogP contribution is -2.45. The van der Waals surface area contributed by atoms with E-state index in [0.717, 1.165) is 38.4 Å². The SMILES string of the molecule is CC(C)NC(=O)Nc1ccc(C(=O)N2CCC(NCC3CC3)CC2)cc1.Cl. The van der Waals surface area contributed by atoms with E-state index in [4.69, 9.17) is 0 Å². The van der Waals surface area contributed by atoms with Gasteiger partial charge in [-0.2, -0.15) is 0 Å². The van der Waals surface area contributed by atoms with Crippen LogP contribution in [0.3, 0.4) is 0 Å². The van der Waals surface area contributed by atoms with E-state index >= 15 is 0 Å². The predicted octanol–water partition coefficient (Wildman–Crippen LogP) is 3.24. The van der Waals surface area contributed by atoms with Crippen molar-refractivity contribution in [1.82, 2.24) is 15.5 Å². The third-order valence-electron chi connectivity index (χ3n) is 4.98. The van der Waals surface area contributed by atoms with Crippen LogP contribution in [-0.2, 0) is 0 Å². The molecule has 3 rings (SSSR count). The number of benzene rings is 1. The monoisotopic (exact) mass is 394 g/mol. The fourth-order valence-electron chi connectivity index (χ4n) is 3.25. The maximum absolute atomic E-state index is 12.7. The van der Waals surface area contributed by atoms with E-state index in [1.165, 1.54) is 12.8 Å². The number of piperidine rings is 1. The highest BCUT2D eigenvalue weighted by Crippen LogP contribution is 2.28. The first-order valence-electron chi connectivity index (χ1n) is 9.71. The standard InChI is InChI=1S/C20H30N4O2.ClH/c1-14(2)22-20(26)23-18-7-5-16(6-8-18)19(25)24-11-9-17(10-12-24)21-13-15-3-4-15;/h5-8,14-15,17,21H,3-4,9-13H2,1-2H3,(H2,22,23,26);1H. The van der Waals surface area contributed by atoms with Crippen LogP contribution in [0.5, 0.6) is 0 Å². The molecule has 6 nitrogen and oxygen atoms in total. The maximum atomic E-state index is 12.7. The zero-order valence-corrected chi connectivity index (χ0v) is 17.0. The van der Waals surface area contributed by atoms with Crippen LogP contribution in [0.4, 0.5) is 10.5 Å². The summed E-state index contributed by atoms with van der Waals surface area (Å²) in [4.78, 5) is 26.3. The van der Waals surface area contributed by atoms with Gasteiger partial charge in [-0.1, -0.05) is 0 Å². The average Bonchev–Trinajstić information content (AvgIpc) is 3.44. The lowest BCUT2D eigenvalue weighted by atomic mass is 10.0. The Labute approximate surface area is 167 Å². The van der Waals surface area contributed by atoms with Gasteiger partial charge in [0.15, 0.2) is 0 Å². The van der Waals surface area contributed by atoms with Gasteiger partial charge in [-0.05, 0) is 76.3 Å². The predicted molar refractivity (Wildman–Crippen MR) is 111 cm³/mol. The van der Waals surface area contributed by atoms with Crippen molar-refractivity contribution in [3.63, 3.8) is 0 Å². The molecule has 3 amide bonds. The number of carbonyl (C=O) groups is 2. The summed E-state index contributed by atoms with van der Waals surface area (Å²) in [5.74, 6) is 0.966. The first-order chi connectivity index (χ1) is 12.5. The van der Waals surface area contributed by atoms with Crippen LogP contribution in [-0.4, -0.2) is 48.6 Å². The Bertz CT molecular complexity index is 623. The first kappa shape index (κ1) is 21.5. The fourth-order valence-corrected chi connectivity index (χ4v) is 3.25. The van der Waals surface area contributed by atoms with Crippen molar-refractivity contribution < 1.29 is 9.59 Å². The number of carbonyl (C=O) groups excluding carboxylic acids is 2. The molecule has 0 atom stereocenters. The Morgan fingerprint density at radius 1 is 1.07 bits per heavy atom. The number of likely N-dealkylation sites (tertiary alicyclic amines) is 1. The summed E-state index contributed by atoms with van der Waals surface area (Å²) in [5, 5.41) is 9.18. The molecule has 0 spiro atoms. The molecule has 1 aromatic rings. The summed E-state index contributed by atoms with van der Waals surface area (Å²) in [6.45, 7) is 6.56. The van der Waals surface area contributed by atoms with E-state index in [2.05, 4.69) is 16.0 Å². The number of amides is 3. The van der Waals surface area contributed by atoms with Crippen molar-refractivity contribution in [3.8, 4) is 0 Å². The summed E-state index contributed by atoms with van der Waals surface area (Å²) in [7, 11) is 0. The molecule has 1 aliphatic heterocycles. The van der Waals surface area contributed by atoms with Crippen molar-refractivity contribution in [2.24, 2.45) is 5.92 Å². The van der Waals surface area contributed by atoms with Crippen LogP contribution in [0.2, 0.25) is 0 Å². The van der Waals surface area contributed by atoms with Crippen LogP contribution in [0.15, 0.2) is 24.3 Å². The van der Waals surface area contributed by atoms with Gasteiger partial charge < -0.3 is 20.9 Å². The normalized spacial score (nSPS) is 17.4. The van der Waals surface area contributed by atoms with Crippen LogP contribution in [0.1, 0.15) is 49.9 Å². The number of nitrogens with one attached hydrogen (secondary N) is 3. The molecule has 1 saturated carbocycles. The average molecular weight is 395 g/mol. The molecule has 0 aromatic heterocycles. The van der Waals surface area contributed by atoms with E-state index in [-0.39, 0.29) is 30.4 Å². The zero-order valence-electron chi connectivity index (χ0n) is 16.2. The molecule has 2 fully saturated rings.